The van der Waals surface area contributed by atoms with Crippen LogP contribution in [-0.2, 0) is 17.5 Å². The van der Waals surface area contributed by atoms with E-state index in [2.05, 4.69) is 15.0 Å². The Bertz CT molecular complexity index is 1190. The molecule has 1 saturated heterocycles. The van der Waals surface area contributed by atoms with E-state index in [1.165, 1.54) is 23.2 Å². The van der Waals surface area contributed by atoms with Gasteiger partial charge in [0.1, 0.15) is 6.54 Å². The third kappa shape index (κ3) is 4.02. The number of amides is 2. The SMILES string of the molecule is Cc1nc(C2CCCCN2C(=O)Cn2c(C(F)(F)F)nc3ccccc32)ncc1C(N)=O. The normalized spacial score (nSPS) is 17.0. The number of piperidine rings is 1. The first-order valence-corrected chi connectivity index (χ1v) is 10.1. The second-order valence-electron chi connectivity index (χ2n) is 7.70. The smallest absolute Gasteiger partial charge is 0.365 e. The number of carbonyl (C=O) groups is 2. The van der Waals surface area contributed by atoms with Crippen LogP contribution in [0.1, 0.15) is 53.0 Å². The van der Waals surface area contributed by atoms with Gasteiger partial charge in [-0.2, -0.15) is 13.2 Å². The summed E-state index contributed by atoms with van der Waals surface area (Å²) in [6.07, 6.45) is -1.28. The van der Waals surface area contributed by atoms with E-state index >= 15 is 0 Å². The Morgan fingerprint density at radius 1 is 1.19 bits per heavy atom. The van der Waals surface area contributed by atoms with Crippen LogP contribution >= 0.6 is 0 Å². The summed E-state index contributed by atoms with van der Waals surface area (Å²) in [6, 6.07) is 5.68. The van der Waals surface area contributed by atoms with Gasteiger partial charge in [0, 0.05) is 12.7 Å². The van der Waals surface area contributed by atoms with Crippen LogP contribution in [0.4, 0.5) is 13.2 Å². The van der Waals surface area contributed by atoms with Crippen molar-refractivity contribution in [2.24, 2.45) is 5.73 Å². The highest BCUT2D eigenvalue weighted by Crippen LogP contribution is 2.33. The number of carbonyl (C=O) groups excluding carboxylic acids is 2. The molecule has 8 nitrogen and oxygen atoms in total. The van der Waals surface area contributed by atoms with Crippen molar-refractivity contribution in [2.75, 3.05) is 6.54 Å². The van der Waals surface area contributed by atoms with E-state index in [1.54, 1.807) is 19.1 Å². The highest BCUT2D eigenvalue weighted by molar-refractivity contribution is 5.93. The number of benzene rings is 1. The Morgan fingerprint density at radius 3 is 2.62 bits per heavy atom. The fraction of sp³-hybridized carbons (Fsp3) is 0.381. The molecule has 2 N–H and O–H groups in total. The van der Waals surface area contributed by atoms with Gasteiger partial charge in [-0.1, -0.05) is 12.1 Å². The van der Waals surface area contributed by atoms with Crippen LogP contribution in [-0.4, -0.2) is 42.8 Å². The van der Waals surface area contributed by atoms with Crippen molar-refractivity contribution in [2.45, 2.75) is 44.9 Å². The van der Waals surface area contributed by atoms with Gasteiger partial charge < -0.3 is 15.2 Å². The van der Waals surface area contributed by atoms with Crippen molar-refractivity contribution in [1.29, 1.82) is 0 Å². The zero-order valence-electron chi connectivity index (χ0n) is 17.3. The minimum absolute atomic E-state index is 0.170. The molecule has 168 valence electrons. The summed E-state index contributed by atoms with van der Waals surface area (Å²) < 4.78 is 41.7. The van der Waals surface area contributed by atoms with Crippen molar-refractivity contribution < 1.29 is 22.8 Å². The van der Waals surface area contributed by atoms with Gasteiger partial charge >= 0.3 is 6.18 Å². The number of nitrogens with zero attached hydrogens (tertiary/aromatic N) is 5. The van der Waals surface area contributed by atoms with Crippen molar-refractivity contribution >= 4 is 22.8 Å². The minimum atomic E-state index is -4.70. The molecule has 1 aliphatic rings. The maximum absolute atomic E-state index is 13.6. The van der Waals surface area contributed by atoms with E-state index in [-0.39, 0.29) is 16.6 Å². The fourth-order valence-corrected chi connectivity index (χ4v) is 4.06. The first-order chi connectivity index (χ1) is 15.2. The molecule has 1 unspecified atom stereocenters. The lowest BCUT2D eigenvalue weighted by molar-refractivity contribution is -0.148. The number of nitrogens with two attached hydrogens (primary N) is 1. The first kappa shape index (κ1) is 21.7. The molecule has 1 aliphatic heterocycles. The molecule has 0 saturated carbocycles. The maximum Gasteiger partial charge on any atom is 0.449 e. The number of imidazole rings is 1. The monoisotopic (exact) mass is 446 g/mol. The Labute approximate surface area is 181 Å². The number of para-hydroxylation sites is 2. The average molecular weight is 446 g/mol. The van der Waals surface area contributed by atoms with Crippen molar-refractivity contribution in [3.05, 3.63) is 53.4 Å². The molecular weight excluding hydrogens is 425 g/mol. The zero-order valence-corrected chi connectivity index (χ0v) is 17.3. The van der Waals surface area contributed by atoms with Crippen LogP contribution in [0.15, 0.2) is 30.5 Å². The van der Waals surface area contributed by atoms with Crippen LogP contribution < -0.4 is 5.73 Å². The molecule has 2 aromatic heterocycles. The standard InChI is InChI=1S/C21H21F3N6O2/c1-12-13(18(25)32)10-26-19(27-12)16-8-4-5-9-29(16)17(31)11-30-15-7-3-2-6-14(15)28-20(30)21(22,23)24/h2-3,6-7,10,16H,4-5,8-9,11H2,1H3,(H2,25,32). The largest absolute Gasteiger partial charge is 0.449 e. The van der Waals surface area contributed by atoms with Gasteiger partial charge in [0.15, 0.2) is 5.82 Å². The van der Waals surface area contributed by atoms with E-state index < -0.39 is 36.4 Å². The van der Waals surface area contributed by atoms with Gasteiger partial charge in [0.25, 0.3) is 5.91 Å². The molecule has 3 heterocycles. The first-order valence-electron chi connectivity index (χ1n) is 10.1. The third-order valence-corrected chi connectivity index (χ3v) is 5.59. The number of aryl methyl sites for hydroxylation is 1. The summed E-state index contributed by atoms with van der Waals surface area (Å²) in [5, 5.41) is 0. The summed E-state index contributed by atoms with van der Waals surface area (Å²) >= 11 is 0. The lowest BCUT2D eigenvalue weighted by Crippen LogP contribution is -2.41. The zero-order chi connectivity index (χ0) is 23.0. The maximum atomic E-state index is 13.6. The second kappa shape index (κ2) is 8.21. The predicted octanol–water partition coefficient (Wildman–Crippen LogP) is 3.01. The summed E-state index contributed by atoms with van der Waals surface area (Å²) in [5.41, 5.74) is 6.28. The van der Waals surface area contributed by atoms with E-state index in [4.69, 9.17) is 5.73 Å². The van der Waals surface area contributed by atoms with Crippen LogP contribution in [0.5, 0.6) is 0 Å². The predicted molar refractivity (Wildman–Crippen MR) is 108 cm³/mol. The topological polar surface area (TPSA) is 107 Å². The average Bonchev–Trinajstić information content (AvgIpc) is 3.12. The van der Waals surface area contributed by atoms with Crippen LogP contribution in [0.25, 0.3) is 11.0 Å². The summed E-state index contributed by atoms with van der Waals surface area (Å²) in [6.45, 7) is 1.48. The van der Waals surface area contributed by atoms with Crippen molar-refractivity contribution in [1.82, 2.24) is 24.4 Å². The highest BCUT2D eigenvalue weighted by atomic mass is 19.4. The molecule has 0 spiro atoms. The lowest BCUT2D eigenvalue weighted by Gasteiger charge is -2.35. The number of fused-ring (bicyclic) bond motifs is 1. The van der Waals surface area contributed by atoms with Gasteiger partial charge in [-0.25, -0.2) is 15.0 Å². The van der Waals surface area contributed by atoms with Gasteiger partial charge in [0.05, 0.1) is 28.3 Å². The van der Waals surface area contributed by atoms with Gasteiger partial charge in [0.2, 0.25) is 11.7 Å². The third-order valence-electron chi connectivity index (χ3n) is 5.59. The van der Waals surface area contributed by atoms with Crippen LogP contribution in [0, 0.1) is 6.92 Å². The molecular formula is C21H21F3N6O2. The molecule has 4 rings (SSSR count). The number of rotatable bonds is 4. The number of hydrogen-bond donors (Lipinski definition) is 1. The van der Waals surface area contributed by atoms with Gasteiger partial charge in [-0.15, -0.1) is 0 Å². The Morgan fingerprint density at radius 2 is 1.94 bits per heavy atom. The van der Waals surface area contributed by atoms with Crippen molar-refractivity contribution in [3.63, 3.8) is 0 Å². The second-order valence-corrected chi connectivity index (χ2v) is 7.70. The molecule has 3 aromatic rings. The summed E-state index contributed by atoms with van der Waals surface area (Å²) in [4.78, 5) is 38.4. The fourth-order valence-electron chi connectivity index (χ4n) is 4.06. The summed E-state index contributed by atoms with van der Waals surface area (Å²) in [7, 11) is 0. The molecule has 0 radical (unpaired) electrons. The molecule has 1 fully saturated rings. The van der Waals surface area contributed by atoms with E-state index in [0.717, 1.165) is 17.4 Å². The highest BCUT2D eigenvalue weighted by Gasteiger charge is 2.39. The lowest BCUT2D eigenvalue weighted by atomic mass is 10.0. The number of likely N-dealkylation sites (tertiary alicyclic amines) is 1. The number of primary amides is 1. The van der Waals surface area contributed by atoms with Gasteiger partial charge in [-0.05, 0) is 38.3 Å². The Kier molecular flexibility index (Phi) is 5.57. The molecule has 2 amide bonds. The Balaban J connectivity index is 1.67. The van der Waals surface area contributed by atoms with Gasteiger partial charge in [-0.3, -0.25) is 9.59 Å². The Hall–Kier alpha value is -3.50. The van der Waals surface area contributed by atoms with E-state index in [0.29, 0.717) is 24.5 Å². The quantitative estimate of drug-likeness (QED) is 0.663. The molecule has 0 aliphatic carbocycles. The number of halogens is 3. The molecule has 0 bridgehead atoms. The summed E-state index contributed by atoms with van der Waals surface area (Å²) in [5.74, 6) is -1.91. The molecule has 1 atom stereocenters. The van der Waals surface area contributed by atoms with Crippen molar-refractivity contribution in [3.8, 4) is 0 Å². The molecule has 1 aromatic carbocycles. The molecule has 32 heavy (non-hydrogen) atoms. The molecule has 11 heteroatoms. The number of alkyl halides is 3. The minimum Gasteiger partial charge on any atom is -0.365 e. The van der Waals surface area contributed by atoms with E-state index in [1.807, 2.05) is 0 Å². The van der Waals surface area contributed by atoms with E-state index in [9.17, 15) is 22.8 Å². The number of aromatic nitrogens is 4. The number of hydrogen-bond acceptors (Lipinski definition) is 5. The van der Waals surface area contributed by atoms with Crippen LogP contribution in [0.3, 0.4) is 0 Å². The van der Waals surface area contributed by atoms with Crippen LogP contribution in [0.2, 0.25) is 0 Å².